The number of aliphatic hydroxyl groups is 1. The first-order valence-corrected chi connectivity index (χ1v) is 8.71. The zero-order chi connectivity index (χ0) is 15.7. The summed E-state index contributed by atoms with van der Waals surface area (Å²) in [6.45, 7) is 4.39. The van der Waals surface area contributed by atoms with Crippen LogP contribution < -0.4 is 4.74 Å². The van der Waals surface area contributed by atoms with Crippen molar-refractivity contribution in [3.63, 3.8) is 0 Å². The molecule has 2 saturated heterocycles. The topological polar surface area (TPSA) is 41.9 Å². The van der Waals surface area contributed by atoms with E-state index in [2.05, 4.69) is 17.0 Å². The number of nitrogens with zero attached hydrogens (tertiary/aromatic N) is 1. The van der Waals surface area contributed by atoms with Gasteiger partial charge in [0.2, 0.25) is 0 Å². The van der Waals surface area contributed by atoms with Gasteiger partial charge in [-0.25, -0.2) is 0 Å². The van der Waals surface area contributed by atoms with E-state index in [0.29, 0.717) is 6.61 Å². The Balaban J connectivity index is 1.38. The molecule has 0 unspecified atom stereocenters. The number of para-hydroxylation sites is 1. The monoisotopic (exact) mass is 315 g/mol. The van der Waals surface area contributed by atoms with E-state index in [9.17, 15) is 5.11 Å². The molecule has 1 aromatic carbocycles. The molecule has 1 N–H and O–H groups in total. The smallest absolute Gasteiger partial charge is 0.127 e. The Bertz CT molecular complexity index is 590. The van der Waals surface area contributed by atoms with Crippen molar-refractivity contribution in [2.45, 2.75) is 37.4 Å². The lowest BCUT2D eigenvalue weighted by molar-refractivity contribution is -0.176. The van der Waals surface area contributed by atoms with Crippen molar-refractivity contribution < 1.29 is 14.6 Å². The van der Waals surface area contributed by atoms with E-state index in [1.807, 2.05) is 18.2 Å². The van der Waals surface area contributed by atoms with Crippen LogP contribution in [0.5, 0.6) is 5.75 Å². The molecule has 4 rings (SSSR count). The minimum absolute atomic E-state index is 0.279. The normalized spacial score (nSPS) is 27.2. The highest BCUT2D eigenvalue weighted by molar-refractivity contribution is 5.62. The minimum atomic E-state index is -0.289. The summed E-state index contributed by atoms with van der Waals surface area (Å²) in [6.07, 6.45) is 5.70. The predicted octanol–water partition coefficient (Wildman–Crippen LogP) is 2.47. The van der Waals surface area contributed by atoms with E-state index in [1.165, 1.54) is 11.1 Å². The molecule has 0 aliphatic carbocycles. The van der Waals surface area contributed by atoms with E-state index in [1.54, 1.807) is 0 Å². The van der Waals surface area contributed by atoms with Crippen molar-refractivity contribution in [1.29, 1.82) is 0 Å². The van der Waals surface area contributed by atoms with Crippen molar-refractivity contribution in [2.75, 3.05) is 32.8 Å². The largest absolute Gasteiger partial charge is 0.489 e. The Morgan fingerprint density at radius 1 is 1.22 bits per heavy atom. The summed E-state index contributed by atoms with van der Waals surface area (Å²) in [5, 5.41) is 10.3. The van der Waals surface area contributed by atoms with Crippen LogP contribution >= 0.6 is 0 Å². The van der Waals surface area contributed by atoms with E-state index in [0.717, 1.165) is 57.7 Å². The van der Waals surface area contributed by atoms with Crippen LogP contribution in [0, 0.1) is 0 Å². The summed E-state index contributed by atoms with van der Waals surface area (Å²) in [7, 11) is 0. The van der Waals surface area contributed by atoms with E-state index in [-0.39, 0.29) is 11.7 Å². The van der Waals surface area contributed by atoms with Crippen LogP contribution in [0.4, 0.5) is 0 Å². The van der Waals surface area contributed by atoms with Crippen LogP contribution in [0.25, 0.3) is 6.08 Å². The summed E-state index contributed by atoms with van der Waals surface area (Å²) in [5.41, 5.74) is 2.22. The molecule has 0 bridgehead atoms. The average Bonchev–Trinajstić information content (AvgIpc) is 2.60. The van der Waals surface area contributed by atoms with E-state index in [4.69, 9.17) is 9.47 Å². The van der Waals surface area contributed by atoms with Crippen LogP contribution in [0.1, 0.15) is 31.2 Å². The first-order valence-electron chi connectivity index (χ1n) is 8.71. The second-order valence-electron chi connectivity index (χ2n) is 6.98. The van der Waals surface area contributed by atoms with Crippen LogP contribution in [0.15, 0.2) is 29.8 Å². The van der Waals surface area contributed by atoms with Gasteiger partial charge in [0, 0.05) is 31.8 Å². The first kappa shape index (κ1) is 15.2. The Kier molecular flexibility index (Phi) is 4.14. The standard InChI is InChI=1S/C19H25NO3/c21-18-6-3-11-23-19(18)7-9-20(10-8-19)13-15-12-16-4-1-2-5-17(16)22-14-15/h1-2,4-5,12,18,21H,3,6-11,13-14H2/t18-/m1/s1. The molecule has 3 heterocycles. The molecule has 0 radical (unpaired) electrons. The number of hydrogen-bond donors (Lipinski definition) is 1. The third kappa shape index (κ3) is 3.03. The van der Waals surface area contributed by atoms with Crippen LogP contribution in [-0.2, 0) is 4.74 Å². The average molecular weight is 315 g/mol. The van der Waals surface area contributed by atoms with Gasteiger partial charge >= 0.3 is 0 Å². The highest BCUT2D eigenvalue weighted by Crippen LogP contribution is 2.35. The molecule has 1 spiro atoms. The molecular weight excluding hydrogens is 290 g/mol. The fourth-order valence-electron chi connectivity index (χ4n) is 4.02. The van der Waals surface area contributed by atoms with Crippen molar-refractivity contribution >= 4 is 6.08 Å². The van der Waals surface area contributed by atoms with Crippen LogP contribution in [0.2, 0.25) is 0 Å². The molecule has 2 fully saturated rings. The Morgan fingerprint density at radius 2 is 2.04 bits per heavy atom. The second kappa shape index (κ2) is 6.27. The lowest BCUT2D eigenvalue weighted by atomic mass is 9.82. The molecule has 3 aliphatic rings. The number of hydrogen-bond acceptors (Lipinski definition) is 4. The second-order valence-corrected chi connectivity index (χ2v) is 6.98. The number of fused-ring (bicyclic) bond motifs is 1. The number of likely N-dealkylation sites (tertiary alicyclic amines) is 1. The zero-order valence-electron chi connectivity index (χ0n) is 13.5. The molecular formula is C19H25NO3. The third-order valence-corrected chi connectivity index (χ3v) is 5.44. The van der Waals surface area contributed by atoms with E-state index < -0.39 is 0 Å². The first-order chi connectivity index (χ1) is 11.3. The number of ether oxygens (including phenoxy) is 2. The number of piperidine rings is 1. The quantitative estimate of drug-likeness (QED) is 0.910. The molecule has 1 atom stereocenters. The Labute approximate surface area is 137 Å². The molecule has 0 saturated carbocycles. The summed E-state index contributed by atoms with van der Waals surface area (Å²) in [4.78, 5) is 2.46. The SMILES string of the molecule is O[C@@H]1CCCOC12CCN(CC1=Cc3ccccc3OC1)CC2. The molecule has 3 aliphatic heterocycles. The maximum absolute atomic E-state index is 10.3. The van der Waals surface area contributed by atoms with Gasteiger partial charge < -0.3 is 14.6 Å². The molecule has 4 nitrogen and oxygen atoms in total. The number of rotatable bonds is 2. The number of benzene rings is 1. The molecule has 23 heavy (non-hydrogen) atoms. The minimum Gasteiger partial charge on any atom is -0.489 e. The van der Waals surface area contributed by atoms with Gasteiger partial charge in [-0.2, -0.15) is 0 Å². The molecule has 4 heteroatoms. The van der Waals surface area contributed by atoms with Gasteiger partial charge in [-0.05, 0) is 43.4 Å². The van der Waals surface area contributed by atoms with Gasteiger partial charge in [0.15, 0.2) is 0 Å². The fourth-order valence-corrected chi connectivity index (χ4v) is 4.02. The zero-order valence-corrected chi connectivity index (χ0v) is 13.5. The van der Waals surface area contributed by atoms with Gasteiger partial charge in [-0.3, -0.25) is 4.90 Å². The van der Waals surface area contributed by atoms with Crippen molar-refractivity contribution in [3.05, 3.63) is 35.4 Å². The summed E-state index contributed by atoms with van der Waals surface area (Å²) < 4.78 is 11.8. The molecule has 0 amide bonds. The maximum atomic E-state index is 10.3. The van der Waals surface area contributed by atoms with Gasteiger partial charge in [-0.1, -0.05) is 18.2 Å². The fraction of sp³-hybridized carbons (Fsp3) is 0.579. The Morgan fingerprint density at radius 3 is 2.87 bits per heavy atom. The lowest BCUT2D eigenvalue weighted by Gasteiger charge is -2.47. The highest BCUT2D eigenvalue weighted by Gasteiger charge is 2.43. The summed E-state index contributed by atoms with van der Waals surface area (Å²) in [5.74, 6) is 0.979. The predicted molar refractivity (Wildman–Crippen MR) is 89.5 cm³/mol. The van der Waals surface area contributed by atoms with Gasteiger partial charge in [0.1, 0.15) is 12.4 Å². The summed E-state index contributed by atoms with van der Waals surface area (Å²) >= 11 is 0. The Hall–Kier alpha value is -1.36. The number of aliphatic hydroxyl groups excluding tert-OH is 1. The van der Waals surface area contributed by atoms with Gasteiger partial charge in [-0.15, -0.1) is 0 Å². The maximum Gasteiger partial charge on any atom is 0.127 e. The van der Waals surface area contributed by atoms with Crippen molar-refractivity contribution in [1.82, 2.24) is 4.90 Å². The van der Waals surface area contributed by atoms with Crippen LogP contribution in [-0.4, -0.2) is 54.6 Å². The van der Waals surface area contributed by atoms with Gasteiger partial charge in [0.05, 0.1) is 11.7 Å². The van der Waals surface area contributed by atoms with Crippen molar-refractivity contribution in [2.24, 2.45) is 0 Å². The highest BCUT2D eigenvalue weighted by atomic mass is 16.5. The molecule has 1 aromatic rings. The lowest BCUT2D eigenvalue weighted by Crippen LogP contribution is -2.55. The summed E-state index contributed by atoms with van der Waals surface area (Å²) in [6, 6.07) is 8.19. The third-order valence-electron chi connectivity index (χ3n) is 5.44. The van der Waals surface area contributed by atoms with Crippen molar-refractivity contribution in [3.8, 4) is 5.75 Å². The molecule has 0 aromatic heterocycles. The van der Waals surface area contributed by atoms with Gasteiger partial charge in [0.25, 0.3) is 0 Å². The van der Waals surface area contributed by atoms with Crippen LogP contribution in [0.3, 0.4) is 0 Å². The van der Waals surface area contributed by atoms with E-state index >= 15 is 0 Å². The molecule has 124 valence electrons.